The first-order valence-corrected chi connectivity index (χ1v) is 12.1. The SMILES string of the molecule is CCc1ccccc1NC(=O)N(CC(=O)Nc1cc(-c2ccccc2)nn1-c1ccccc1)C(C)C. The monoisotopic (exact) mass is 481 g/mol. The number of hydrogen-bond donors (Lipinski definition) is 2. The Balaban J connectivity index is 1.55. The van der Waals surface area contributed by atoms with Crippen LogP contribution in [0.25, 0.3) is 16.9 Å². The summed E-state index contributed by atoms with van der Waals surface area (Å²) in [5.74, 6) is 0.227. The van der Waals surface area contributed by atoms with E-state index in [1.165, 1.54) is 4.90 Å². The van der Waals surface area contributed by atoms with Crippen molar-refractivity contribution in [2.45, 2.75) is 33.2 Å². The maximum Gasteiger partial charge on any atom is 0.322 e. The van der Waals surface area contributed by atoms with Gasteiger partial charge in [0.2, 0.25) is 5.91 Å². The molecule has 0 atom stereocenters. The lowest BCUT2D eigenvalue weighted by Gasteiger charge is -2.27. The smallest absolute Gasteiger partial charge is 0.313 e. The van der Waals surface area contributed by atoms with Gasteiger partial charge in [-0.15, -0.1) is 0 Å². The molecule has 0 aliphatic rings. The zero-order valence-corrected chi connectivity index (χ0v) is 20.8. The van der Waals surface area contributed by atoms with Crippen LogP contribution in [0.1, 0.15) is 26.3 Å². The normalized spacial score (nSPS) is 10.8. The minimum atomic E-state index is -0.317. The number of amides is 3. The second-order valence-electron chi connectivity index (χ2n) is 8.74. The van der Waals surface area contributed by atoms with Crippen molar-refractivity contribution in [1.29, 1.82) is 0 Å². The van der Waals surface area contributed by atoms with Gasteiger partial charge in [-0.05, 0) is 44.0 Å². The molecule has 0 saturated heterocycles. The van der Waals surface area contributed by atoms with Crippen LogP contribution in [0.5, 0.6) is 0 Å². The van der Waals surface area contributed by atoms with Gasteiger partial charge in [-0.25, -0.2) is 9.48 Å². The minimum Gasteiger partial charge on any atom is -0.313 e. The van der Waals surface area contributed by atoms with Gasteiger partial charge in [-0.1, -0.05) is 73.7 Å². The van der Waals surface area contributed by atoms with Crippen LogP contribution in [0, 0.1) is 0 Å². The quantitative estimate of drug-likeness (QED) is 0.325. The number of rotatable bonds is 8. The Morgan fingerprint density at radius 3 is 2.19 bits per heavy atom. The Bertz CT molecular complexity index is 1320. The fourth-order valence-electron chi connectivity index (χ4n) is 3.95. The molecule has 0 unspecified atom stereocenters. The molecule has 0 fully saturated rings. The Morgan fingerprint density at radius 2 is 1.53 bits per heavy atom. The van der Waals surface area contributed by atoms with E-state index in [2.05, 4.69) is 10.6 Å². The van der Waals surface area contributed by atoms with Crippen LogP contribution in [0.3, 0.4) is 0 Å². The number of para-hydroxylation sites is 2. The molecule has 0 aliphatic heterocycles. The third kappa shape index (κ3) is 5.81. The largest absolute Gasteiger partial charge is 0.322 e. The minimum absolute atomic E-state index is 0.0988. The summed E-state index contributed by atoms with van der Waals surface area (Å²) in [7, 11) is 0. The van der Waals surface area contributed by atoms with E-state index in [4.69, 9.17) is 5.10 Å². The summed E-state index contributed by atoms with van der Waals surface area (Å²) in [6, 6.07) is 28.5. The Hall–Kier alpha value is -4.39. The average molecular weight is 482 g/mol. The van der Waals surface area contributed by atoms with Crippen LogP contribution in [0.15, 0.2) is 91.0 Å². The highest BCUT2D eigenvalue weighted by atomic mass is 16.2. The number of anilines is 2. The molecule has 0 radical (unpaired) electrons. The molecule has 184 valence electrons. The first kappa shape index (κ1) is 24.7. The van der Waals surface area contributed by atoms with Crippen LogP contribution in [0.2, 0.25) is 0 Å². The molecule has 0 saturated carbocycles. The lowest BCUT2D eigenvalue weighted by molar-refractivity contribution is -0.117. The van der Waals surface area contributed by atoms with Crippen molar-refractivity contribution in [2.24, 2.45) is 0 Å². The van der Waals surface area contributed by atoms with Crippen LogP contribution in [-0.4, -0.2) is 39.2 Å². The highest BCUT2D eigenvalue weighted by Crippen LogP contribution is 2.25. The summed E-state index contributed by atoms with van der Waals surface area (Å²) in [6.07, 6.45) is 0.797. The maximum atomic E-state index is 13.2. The standard InChI is InChI=1S/C29H31N5O2/c1-4-22-13-11-12-18-25(22)30-29(36)33(21(2)3)20-28(35)31-27-19-26(23-14-7-5-8-15-23)32-34(27)24-16-9-6-10-17-24/h5-19,21H,4,20H2,1-3H3,(H,30,36)(H,31,35). The van der Waals surface area contributed by atoms with Gasteiger partial charge in [0, 0.05) is 23.4 Å². The molecule has 4 aromatic rings. The van der Waals surface area contributed by atoms with E-state index in [0.717, 1.165) is 34.6 Å². The summed E-state index contributed by atoms with van der Waals surface area (Å²) >= 11 is 0. The summed E-state index contributed by atoms with van der Waals surface area (Å²) in [4.78, 5) is 27.8. The molecule has 36 heavy (non-hydrogen) atoms. The highest BCUT2D eigenvalue weighted by Gasteiger charge is 2.22. The van der Waals surface area contributed by atoms with Gasteiger partial charge in [-0.3, -0.25) is 4.79 Å². The van der Waals surface area contributed by atoms with Crippen LogP contribution in [-0.2, 0) is 11.2 Å². The second-order valence-corrected chi connectivity index (χ2v) is 8.74. The first-order valence-electron chi connectivity index (χ1n) is 12.1. The Morgan fingerprint density at radius 1 is 0.889 bits per heavy atom. The van der Waals surface area contributed by atoms with Gasteiger partial charge in [0.25, 0.3) is 0 Å². The number of aryl methyl sites for hydroxylation is 1. The van der Waals surface area contributed by atoms with Gasteiger partial charge in [0.1, 0.15) is 12.4 Å². The van der Waals surface area contributed by atoms with Gasteiger partial charge < -0.3 is 15.5 Å². The molecule has 2 N–H and O–H groups in total. The van der Waals surface area contributed by atoms with Crippen LogP contribution < -0.4 is 10.6 Å². The van der Waals surface area contributed by atoms with Crippen molar-refractivity contribution in [2.75, 3.05) is 17.2 Å². The number of urea groups is 1. The van der Waals surface area contributed by atoms with Crippen LogP contribution in [0.4, 0.5) is 16.3 Å². The molecule has 3 aromatic carbocycles. The molecule has 3 amide bonds. The molecule has 7 heteroatoms. The summed E-state index contributed by atoms with van der Waals surface area (Å²) < 4.78 is 1.71. The van der Waals surface area contributed by atoms with E-state index in [9.17, 15) is 9.59 Å². The second kappa shape index (κ2) is 11.4. The number of nitrogens with one attached hydrogen (secondary N) is 2. The molecule has 0 bridgehead atoms. The maximum absolute atomic E-state index is 13.2. The van der Waals surface area contributed by atoms with Crippen LogP contribution >= 0.6 is 0 Å². The molecule has 1 aromatic heterocycles. The van der Waals surface area contributed by atoms with E-state index in [-0.39, 0.29) is 24.5 Å². The molecular weight excluding hydrogens is 450 g/mol. The summed E-state index contributed by atoms with van der Waals surface area (Å²) in [5, 5.41) is 10.7. The number of carbonyl (C=O) groups is 2. The zero-order valence-electron chi connectivity index (χ0n) is 20.8. The van der Waals surface area contributed by atoms with E-state index in [1.807, 2.05) is 112 Å². The van der Waals surface area contributed by atoms with E-state index in [1.54, 1.807) is 4.68 Å². The summed E-state index contributed by atoms with van der Waals surface area (Å²) in [5.41, 5.74) is 4.30. The fraction of sp³-hybridized carbons (Fsp3) is 0.207. The van der Waals surface area contributed by atoms with Crippen molar-refractivity contribution in [3.8, 4) is 16.9 Å². The molecule has 0 aliphatic carbocycles. The molecule has 1 heterocycles. The topological polar surface area (TPSA) is 79.3 Å². The third-order valence-corrected chi connectivity index (χ3v) is 5.89. The predicted octanol–water partition coefficient (Wildman–Crippen LogP) is 5.98. The van der Waals surface area contributed by atoms with E-state index < -0.39 is 0 Å². The zero-order chi connectivity index (χ0) is 25.5. The lowest BCUT2D eigenvalue weighted by Crippen LogP contribution is -2.44. The lowest BCUT2D eigenvalue weighted by atomic mass is 10.1. The van der Waals surface area contributed by atoms with Crippen molar-refractivity contribution in [1.82, 2.24) is 14.7 Å². The number of hydrogen-bond acceptors (Lipinski definition) is 3. The third-order valence-electron chi connectivity index (χ3n) is 5.89. The van der Waals surface area contributed by atoms with Gasteiger partial charge >= 0.3 is 6.03 Å². The molecule has 4 rings (SSSR count). The van der Waals surface area contributed by atoms with Gasteiger partial charge in [-0.2, -0.15) is 5.10 Å². The number of nitrogens with zero attached hydrogens (tertiary/aromatic N) is 3. The Kier molecular flexibility index (Phi) is 7.80. The van der Waals surface area contributed by atoms with Crippen molar-refractivity contribution >= 4 is 23.4 Å². The fourth-order valence-corrected chi connectivity index (χ4v) is 3.95. The molecule has 7 nitrogen and oxygen atoms in total. The van der Waals surface area contributed by atoms with Gasteiger partial charge in [0.05, 0.1) is 11.4 Å². The first-order chi connectivity index (χ1) is 17.5. The molecule has 0 spiro atoms. The predicted molar refractivity (Wildman–Crippen MR) is 144 cm³/mol. The average Bonchev–Trinajstić information content (AvgIpc) is 3.32. The molecular formula is C29H31N5O2. The van der Waals surface area contributed by atoms with Crippen molar-refractivity contribution < 1.29 is 9.59 Å². The Labute approximate surface area is 211 Å². The highest BCUT2D eigenvalue weighted by molar-refractivity contribution is 5.97. The van der Waals surface area contributed by atoms with E-state index in [0.29, 0.717) is 5.82 Å². The van der Waals surface area contributed by atoms with E-state index >= 15 is 0 Å². The number of aromatic nitrogens is 2. The van der Waals surface area contributed by atoms with Crippen molar-refractivity contribution in [3.63, 3.8) is 0 Å². The number of benzene rings is 3. The van der Waals surface area contributed by atoms with Gasteiger partial charge in [0.15, 0.2) is 0 Å². The number of carbonyl (C=O) groups excluding carboxylic acids is 2. The summed E-state index contributed by atoms with van der Waals surface area (Å²) in [6.45, 7) is 5.72. The van der Waals surface area contributed by atoms with Crippen molar-refractivity contribution in [3.05, 3.63) is 96.6 Å².